The number of halogens is 6. The Hall–Kier alpha value is -1.94. The summed E-state index contributed by atoms with van der Waals surface area (Å²) in [6.45, 7) is 4.48. The number of esters is 4. The smallest absolute Gasteiger partial charge is 0.423 e. The van der Waals surface area contributed by atoms with Gasteiger partial charge in [0.15, 0.2) is 11.5 Å². The number of ether oxygens (including phenoxy) is 4. The van der Waals surface area contributed by atoms with Gasteiger partial charge in [-0.25, -0.2) is 19.2 Å². The molecule has 4 rings (SSSR count). The molecule has 0 spiro atoms. The average molecular weight is 785 g/mol. The maximum absolute atomic E-state index is 13.1. The van der Waals surface area contributed by atoms with Crippen LogP contribution >= 0.6 is 69.6 Å². The van der Waals surface area contributed by atoms with Gasteiger partial charge in [0.05, 0.1) is 43.3 Å². The van der Waals surface area contributed by atoms with Gasteiger partial charge in [-0.05, 0) is 87.2 Å². The van der Waals surface area contributed by atoms with Crippen LogP contribution in [0.4, 0.5) is 0 Å². The normalized spacial score (nSPS) is 19.9. The second-order valence-electron chi connectivity index (χ2n) is 12.1. The SMILES string of the molecule is CCC1CCC1CCCOC(=O)c1c(Cl)c(Cl)cc(Cl)c1OC(=O)C(=O)Oc1c(Cl)cc(Cl)c(Cl)c1C(=O)OCCCC1CCC1CC. The summed E-state index contributed by atoms with van der Waals surface area (Å²) < 4.78 is 21.2. The highest BCUT2D eigenvalue weighted by molar-refractivity contribution is 6.47. The zero-order valence-corrected chi connectivity index (χ0v) is 31.0. The maximum atomic E-state index is 13.1. The first kappa shape index (κ1) is 38.9. The fourth-order valence-electron chi connectivity index (χ4n) is 6.27. The summed E-state index contributed by atoms with van der Waals surface area (Å²) >= 11 is 37.4. The van der Waals surface area contributed by atoms with Crippen molar-refractivity contribution in [2.75, 3.05) is 13.2 Å². The molecule has 2 aromatic rings. The molecule has 48 heavy (non-hydrogen) atoms. The molecule has 0 amide bonds. The Labute approximate surface area is 309 Å². The maximum Gasteiger partial charge on any atom is 0.423 e. The van der Waals surface area contributed by atoms with Crippen molar-refractivity contribution in [1.82, 2.24) is 0 Å². The van der Waals surface area contributed by atoms with Crippen LogP contribution < -0.4 is 9.47 Å². The lowest BCUT2D eigenvalue weighted by Gasteiger charge is -2.36. The molecule has 2 saturated carbocycles. The Balaban J connectivity index is 1.44. The molecule has 0 N–H and O–H groups in total. The first-order valence-corrected chi connectivity index (χ1v) is 18.3. The van der Waals surface area contributed by atoms with Crippen molar-refractivity contribution in [2.24, 2.45) is 23.7 Å². The summed E-state index contributed by atoms with van der Waals surface area (Å²) in [5.41, 5.74) is -0.899. The molecule has 0 saturated heterocycles. The molecule has 4 unspecified atom stereocenters. The van der Waals surface area contributed by atoms with E-state index in [1.54, 1.807) is 0 Å². The lowest BCUT2D eigenvalue weighted by Crippen LogP contribution is -2.27. The lowest BCUT2D eigenvalue weighted by atomic mass is 9.70. The number of hydrogen-bond donors (Lipinski definition) is 0. The molecule has 2 fully saturated rings. The van der Waals surface area contributed by atoms with Gasteiger partial charge in [-0.2, -0.15) is 0 Å². The van der Waals surface area contributed by atoms with Crippen LogP contribution in [0.5, 0.6) is 11.5 Å². The highest BCUT2D eigenvalue weighted by atomic mass is 35.5. The van der Waals surface area contributed by atoms with Gasteiger partial charge in [-0.15, -0.1) is 0 Å². The summed E-state index contributed by atoms with van der Waals surface area (Å²) in [5.74, 6) is -3.76. The summed E-state index contributed by atoms with van der Waals surface area (Å²) in [5, 5.41) is -1.43. The predicted octanol–water partition coefficient (Wildman–Crippen LogP) is 10.9. The molecule has 8 nitrogen and oxygen atoms in total. The fraction of sp³-hybridized carbons (Fsp3) is 0.529. The third kappa shape index (κ3) is 9.23. The van der Waals surface area contributed by atoms with Crippen LogP contribution in [0.3, 0.4) is 0 Å². The third-order valence-electron chi connectivity index (χ3n) is 9.32. The van der Waals surface area contributed by atoms with E-state index >= 15 is 0 Å². The quantitative estimate of drug-likeness (QED) is 0.0613. The van der Waals surface area contributed by atoms with Gasteiger partial charge in [-0.1, -0.05) is 96.3 Å². The second-order valence-corrected chi connectivity index (χ2v) is 14.4. The van der Waals surface area contributed by atoms with Crippen molar-refractivity contribution >= 4 is 93.5 Å². The molecule has 2 aromatic carbocycles. The topological polar surface area (TPSA) is 105 Å². The zero-order chi connectivity index (χ0) is 35.1. The molecule has 0 bridgehead atoms. The van der Waals surface area contributed by atoms with E-state index < -0.39 is 46.5 Å². The van der Waals surface area contributed by atoms with Gasteiger partial charge >= 0.3 is 23.9 Å². The second kappa shape index (κ2) is 17.8. The molecule has 0 radical (unpaired) electrons. The molecular weight excluding hydrogens is 749 g/mol. The number of carbonyl (C=O) groups is 4. The summed E-state index contributed by atoms with van der Waals surface area (Å²) in [7, 11) is 0. The van der Waals surface area contributed by atoms with Crippen LogP contribution in [0.1, 0.15) is 98.8 Å². The lowest BCUT2D eigenvalue weighted by molar-refractivity contribution is -0.156. The largest absolute Gasteiger partial charge is 0.462 e. The number of rotatable bonds is 14. The van der Waals surface area contributed by atoms with Gasteiger partial charge in [0.2, 0.25) is 0 Å². The Morgan fingerprint density at radius 2 is 0.938 bits per heavy atom. The molecule has 4 atom stereocenters. The predicted molar refractivity (Wildman–Crippen MR) is 186 cm³/mol. The highest BCUT2D eigenvalue weighted by Gasteiger charge is 2.33. The monoisotopic (exact) mass is 782 g/mol. The summed E-state index contributed by atoms with van der Waals surface area (Å²) in [6.07, 6.45) is 9.97. The first-order chi connectivity index (χ1) is 22.9. The Bertz CT molecular complexity index is 1430. The van der Waals surface area contributed by atoms with Crippen LogP contribution in [0, 0.1) is 23.7 Å². The molecule has 14 heteroatoms. The fourth-order valence-corrected chi connectivity index (χ4v) is 7.70. The van der Waals surface area contributed by atoms with Gasteiger partial charge in [0.1, 0.15) is 11.1 Å². The first-order valence-electron chi connectivity index (χ1n) is 16.0. The molecule has 0 aromatic heterocycles. The van der Waals surface area contributed by atoms with Crippen molar-refractivity contribution in [3.05, 3.63) is 53.4 Å². The molecular formula is C34H36Cl6O8. The van der Waals surface area contributed by atoms with Crippen molar-refractivity contribution in [2.45, 2.75) is 78.1 Å². The van der Waals surface area contributed by atoms with E-state index in [-0.39, 0.29) is 43.3 Å². The van der Waals surface area contributed by atoms with Gasteiger partial charge in [0.25, 0.3) is 0 Å². The van der Waals surface area contributed by atoms with Crippen molar-refractivity contribution < 1.29 is 38.1 Å². The van der Waals surface area contributed by atoms with E-state index in [0.29, 0.717) is 36.5 Å². The van der Waals surface area contributed by atoms with E-state index in [4.69, 9.17) is 88.6 Å². The molecule has 2 aliphatic rings. The Kier molecular flexibility index (Phi) is 14.4. The Morgan fingerprint density at radius 1 is 0.583 bits per heavy atom. The van der Waals surface area contributed by atoms with Crippen molar-refractivity contribution in [1.29, 1.82) is 0 Å². The van der Waals surface area contributed by atoms with E-state index in [1.165, 1.54) is 12.8 Å². The van der Waals surface area contributed by atoms with Crippen molar-refractivity contribution in [3.63, 3.8) is 0 Å². The van der Waals surface area contributed by atoms with Gasteiger partial charge in [0, 0.05) is 0 Å². The highest BCUT2D eigenvalue weighted by Crippen LogP contribution is 2.43. The third-order valence-corrected chi connectivity index (χ3v) is 11.5. The summed E-state index contributed by atoms with van der Waals surface area (Å²) in [4.78, 5) is 52.1. The van der Waals surface area contributed by atoms with E-state index in [9.17, 15) is 19.2 Å². The molecule has 262 valence electrons. The minimum Gasteiger partial charge on any atom is -0.462 e. The van der Waals surface area contributed by atoms with Crippen LogP contribution in [-0.4, -0.2) is 37.1 Å². The van der Waals surface area contributed by atoms with E-state index in [1.807, 2.05) is 0 Å². The summed E-state index contributed by atoms with van der Waals surface area (Å²) in [6, 6.07) is 2.27. The van der Waals surface area contributed by atoms with Crippen LogP contribution in [0.25, 0.3) is 0 Å². The number of benzene rings is 2. The Morgan fingerprint density at radius 3 is 1.25 bits per heavy atom. The minimum absolute atomic E-state index is 0.0796. The van der Waals surface area contributed by atoms with E-state index in [2.05, 4.69) is 13.8 Å². The number of carbonyl (C=O) groups excluding carboxylic acids is 4. The minimum atomic E-state index is -1.63. The van der Waals surface area contributed by atoms with Crippen LogP contribution in [0.2, 0.25) is 30.1 Å². The average Bonchev–Trinajstić information content (AvgIpc) is 3.01. The van der Waals surface area contributed by atoms with Gasteiger partial charge < -0.3 is 18.9 Å². The van der Waals surface area contributed by atoms with Crippen LogP contribution in [0.15, 0.2) is 12.1 Å². The van der Waals surface area contributed by atoms with Gasteiger partial charge in [-0.3, -0.25) is 0 Å². The molecule has 0 heterocycles. The van der Waals surface area contributed by atoms with Crippen molar-refractivity contribution in [3.8, 4) is 11.5 Å². The van der Waals surface area contributed by atoms with Crippen LogP contribution in [-0.2, 0) is 19.1 Å². The molecule has 0 aliphatic heterocycles. The number of hydrogen-bond acceptors (Lipinski definition) is 8. The molecule has 2 aliphatic carbocycles. The zero-order valence-electron chi connectivity index (χ0n) is 26.5. The standard InChI is InChI=1S/C34H36Cl6O8/c1-3-17-9-11-19(17)7-5-13-45-31(41)25-27(39)21(35)15-23(37)29(25)47-33(43)34(44)48-30-24(38)16-22(36)28(40)26(30)32(42)46-14-6-8-20-12-10-18(20)4-2/h15-20H,3-14H2,1-2H3. The van der Waals surface area contributed by atoms with E-state index in [0.717, 1.165) is 50.7 Å².